The van der Waals surface area contributed by atoms with Crippen molar-refractivity contribution in [1.29, 1.82) is 0 Å². The van der Waals surface area contributed by atoms with Crippen LogP contribution < -0.4 is 0 Å². The molecule has 1 aliphatic heterocycles. The molecule has 2 heterocycles. The molecule has 3 amide bonds. The molecule has 1 aromatic heterocycles. The number of rotatable bonds is 6. The lowest BCUT2D eigenvalue weighted by atomic mass is 9.98. The van der Waals surface area contributed by atoms with Gasteiger partial charge in [-0.05, 0) is 36.2 Å². The fourth-order valence-electron chi connectivity index (χ4n) is 3.70. The van der Waals surface area contributed by atoms with Crippen LogP contribution in [0.25, 0.3) is 5.69 Å². The molecule has 1 atom stereocenters. The van der Waals surface area contributed by atoms with Crippen molar-refractivity contribution in [3.8, 4) is 5.69 Å². The number of carbonyl (C=O) groups excluding carboxylic acids is 3. The highest BCUT2D eigenvalue weighted by Gasteiger charge is 2.31. The van der Waals surface area contributed by atoms with Gasteiger partial charge in [-0.25, -0.2) is 9.67 Å². The van der Waals surface area contributed by atoms with Crippen LogP contribution in [0.3, 0.4) is 0 Å². The highest BCUT2D eigenvalue weighted by Crippen LogP contribution is 2.22. The van der Waals surface area contributed by atoms with Crippen LogP contribution >= 0.6 is 0 Å². The van der Waals surface area contributed by atoms with Crippen LogP contribution in [-0.4, -0.2) is 55.9 Å². The number of carbonyl (C=O) groups is 3. The Kier molecular flexibility index (Phi) is 5.62. The molecule has 0 saturated carbocycles. The van der Waals surface area contributed by atoms with Gasteiger partial charge in [0.15, 0.2) is 0 Å². The molecule has 0 spiro atoms. The molecule has 0 saturated heterocycles. The molecule has 8 nitrogen and oxygen atoms in total. The summed E-state index contributed by atoms with van der Waals surface area (Å²) in [6.45, 7) is 2.02. The van der Waals surface area contributed by atoms with Crippen molar-refractivity contribution >= 4 is 17.7 Å². The van der Waals surface area contributed by atoms with Gasteiger partial charge in [-0.3, -0.25) is 19.3 Å². The number of fused-ring (bicyclic) bond motifs is 1. The highest BCUT2D eigenvalue weighted by molar-refractivity contribution is 6.09. The third-order valence-corrected chi connectivity index (χ3v) is 5.72. The van der Waals surface area contributed by atoms with E-state index in [1.165, 1.54) is 11.2 Å². The maximum absolute atomic E-state index is 12.8. The zero-order valence-corrected chi connectivity index (χ0v) is 17.4. The van der Waals surface area contributed by atoms with E-state index in [2.05, 4.69) is 10.1 Å². The first-order valence-corrected chi connectivity index (χ1v) is 10.1. The molecule has 8 heteroatoms. The van der Waals surface area contributed by atoms with E-state index in [4.69, 9.17) is 0 Å². The van der Waals surface area contributed by atoms with E-state index in [-0.39, 0.29) is 43.1 Å². The second-order valence-corrected chi connectivity index (χ2v) is 7.55. The van der Waals surface area contributed by atoms with E-state index in [1.807, 2.05) is 37.3 Å². The van der Waals surface area contributed by atoms with Crippen LogP contribution in [0.4, 0.5) is 0 Å². The van der Waals surface area contributed by atoms with Crippen LogP contribution in [-0.2, 0) is 16.0 Å². The molecular formula is C23H23N5O3. The van der Waals surface area contributed by atoms with Gasteiger partial charge in [-0.15, -0.1) is 0 Å². The molecule has 0 radical (unpaired) electrons. The minimum atomic E-state index is -0.334. The first-order valence-electron chi connectivity index (χ1n) is 10.1. The molecule has 0 N–H and O–H groups in total. The Labute approximate surface area is 180 Å². The molecule has 158 valence electrons. The van der Waals surface area contributed by atoms with Crippen LogP contribution in [0.5, 0.6) is 0 Å². The van der Waals surface area contributed by atoms with E-state index in [0.717, 1.165) is 16.8 Å². The van der Waals surface area contributed by atoms with E-state index < -0.39 is 0 Å². The van der Waals surface area contributed by atoms with Gasteiger partial charge in [0, 0.05) is 25.6 Å². The maximum atomic E-state index is 12.8. The minimum Gasteiger partial charge on any atom is -0.339 e. The lowest BCUT2D eigenvalue weighted by molar-refractivity contribution is -0.133. The summed E-state index contributed by atoms with van der Waals surface area (Å²) in [6, 6.07) is 14.7. The van der Waals surface area contributed by atoms with Crippen molar-refractivity contribution in [2.75, 3.05) is 13.6 Å². The number of nitrogens with zero attached hydrogens (tertiary/aromatic N) is 5. The minimum absolute atomic E-state index is 0.0765. The van der Waals surface area contributed by atoms with Crippen LogP contribution in [0, 0.1) is 0 Å². The van der Waals surface area contributed by atoms with Gasteiger partial charge in [0.2, 0.25) is 11.8 Å². The molecule has 31 heavy (non-hydrogen) atoms. The molecule has 1 aliphatic rings. The van der Waals surface area contributed by atoms with Crippen molar-refractivity contribution in [1.82, 2.24) is 24.6 Å². The maximum Gasteiger partial charge on any atom is 0.260 e. The quantitative estimate of drug-likeness (QED) is 0.575. The van der Waals surface area contributed by atoms with Crippen molar-refractivity contribution in [3.05, 3.63) is 77.9 Å². The third-order valence-electron chi connectivity index (χ3n) is 5.72. The molecule has 0 aliphatic carbocycles. The van der Waals surface area contributed by atoms with Crippen molar-refractivity contribution in [2.24, 2.45) is 0 Å². The number of aromatic nitrogens is 3. The van der Waals surface area contributed by atoms with Gasteiger partial charge < -0.3 is 4.90 Å². The summed E-state index contributed by atoms with van der Waals surface area (Å²) in [5.74, 6) is -0.734. The van der Waals surface area contributed by atoms with Crippen molar-refractivity contribution in [2.45, 2.75) is 25.8 Å². The summed E-state index contributed by atoms with van der Waals surface area (Å²) in [7, 11) is 1.73. The smallest absolute Gasteiger partial charge is 0.260 e. The zero-order chi connectivity index (χ0) is 22.0. The molecule has 0 fully saturated rings. The Morgan fingerprint density at radius 1 is 1.13 bits per heavy atom. The zero-order valence-electron chi connectivity index (χ0n) is 17.4. The van der Waals surface area contributed by atoms with Gasteiger partial charge in [0.25, 0.3) is 5.91 Å². The van der Waals surface area contributed by atoms with E-state index in [0.29, 0.717) is 5.56 Å². The van der Waals surface area contributed by atoms with Gasteiger partial charge >= 0.3 is 0 Å². The van der Waals surface area contributed by atoms with Gasteiger partial charge in [-0.2, -0.15) is 5.10 Å². The van der Waals surface area contributed by atoms with Gasteiger partial charge in [0.05, 0.1) is 18.2 Å². The van der Waals surface area contributed by atoms with Crippen molar-refractivity contribution in [3.63, 3.8) is 0 Å². The summed E-state index contributed by atoms with van der Waals surface area (Å²) < 4.78 is 1.66. The standard InChI is InChI=1S/C23H23N5O3/c1-16(17-7-9-19(10-8-17)28-15-24-14-25-28)26(2)21(29)11-12-27-22(30)13-18-5-3-4-6-20(18)23(27)31/h3-10,14-16H,11-13H2,1-2H3/t16-/m0/s1. The van der Waals surface area contributed by atoms with Crippen LogP contribution in [0.1, 0.15) is 40.9 Å². The Morgan fingerprint density at radius 3 is 2.58 bits per heavy atom. The third kappa shape index (κ3) is 4.09. The lowest BCUT2D eigenvalue weighted by Gasteiger charge is -2.29. The lowest BCUT2D eigenvalue weighted by Crippen LogP contribution is -2.44. The predicted molar refractivity (Wildman–Crippen MR) is 113 cm³/mol. The largest absolute Gasteiger partial charge is 0.339 e. The average molecular weight is 417 g/mol. The number of amides is 3. The highest BCUT2D eigenvalue weighted by atomic mass is 16.2. The summed E-state index contributed by atoms with van der Waals surface area (Å²) in [4.78, 5) is 44.6. The Morgan fingerprint density at radius 2 is 1.87 bits per heavy atom. The number of hydrogen-bond acceptors (Lipinski definition) is 5. The summed E-state index contributed by atoms with van der Waals surface area (Å²) in [6.07, 6.45) is 3.35. The Hall–Kier alpha value is -3.81. The normalized spacial score (nSPS) is 14.3. The molecule has 2 aromatic carbocycles. The van der Waals surface area contributed by atoms with E-state index in [1.54, 1.807) is 41.2 Å². The number of benzene rings is 2. The number of imide groups is 1. The monoisotopic (exact) mass is 417 g/mol. The predicted octanol–water partition coefficient (Wildman–Crippen LogP) is 2.40. The summed E-state index contributed by atoms with van der Waals surface area (Å²) in [5, 5.41) is 4.10. The topological polar surface area (TPSA) is 88.4 Å². The van der Waals surface area contributed by atoms with Gasteiger partial charge in [-0.1, -0.05) is 30.3 Å². The van der Waals surface area contributed by atoms with Gasteiger partial charge in [0.1, 0.15) is 12.7 Å². The van der Waals surface area contributed by atoms with E-state index >= 15 is 0 Å². The fourth-order valence-corrected chi connectivity index (χ4v) is 3.70. The summed E-state index contributed by atoms with van der Waals surface area (Å²) >= 11 is 0. The van der Waals surface area contributed by atoms with Crippen molar-refractivity contribution < 1.29 is 14.4 Å². The summed E-state index contributed by atoms with van der Waals surface area (Å²) in [5.41, 5.74) is 3.12. The second-order valence-electron chi connectivity index (χ2n) is 7.55. The van der Waals surface area contributed by atoms with E-state index in [9.17, 15) is 14.4 Å². The number of hydrogen-bond donors (Lipinski definition) is 0. The second kappa shape index (κ2) is 8.51. The molecule has 0 bridgehead atoms. The Bertz CT molecular complexity index is 1110. The first-order chi connectivity index (χ1) is 15.0. The molecule has 4 rings (SSSR count). The van der Waals surface area contributed by atoms with Crippen LogP contribution in [0.15, 0.2) is 61.2 Å². The molecule has 3 aromatic rings. The first kappa shape index (κ1) is 20.5. The molecule has 0 unspecified atom stereocenters. The Balaban J connectivity index is 1.38. The fraction of sp³-hybridized carbons (Fsp3) is 0.261. The SMILES string of the molecule is C[C@@H](c1ccc(-n2cncn2)cc1)N(C)C(=O)CCN1C(=O)Cc2ccccc2C1=O. The average Bonchev–Trinajstić information content (AvgIpc) is 3.33. The molecular weight excluding hydrogens is 394 g/mol. The van der Waals surface area contributed by atoms with Crippen LogP contribution in [0.2, 0.25) is 0 Å².